The molecule has 0 radical (unpaired) electrons. The lowest BCUT2D eigenvalue weighted by atomic mass is 9.93. The Morgan fingerprint density at radius 1 is 1.11 bits per heavy atom. The number of hydrogen-bond donors (Lipinski definition) is 1. The number of carbonyl (C=O) groups is 1. The molecule has 3 heterocycles. The van der Waals surface area contributed by atoms with Crippen LogP contribution in [0.15, 0.2) is 65.6 Å². The zero-order valence-electron chi connectivity index (χ0n) is 15.3. The van der Waals surface area contributed by atoms with Crippen molar-refractivity contribution in [3.8, 4) is 11.3 Å². The van der Waals surface area contributed by atoms with Crippen molar-refractivity contribution in [2.45, 2.75) is 18.8 Å². The van der Waals surface area contributed by atoms with Crippen LogP contribution in [-0.4, -0.2) is 33.9 Å². The Balaban J connectivity index is 1.54. The number of nitrogens with one attached hydrogen (secondary N) is 1. The molecule has 1 amide bonds. The fourth-order valence-electron chi connectivity index (χ4n) is 3.59. The van der Waals surface area contributed by atoms with E-state index in [9.17, 15) is 14.0 Å². The number of nitrogens with zero attached hydrogens (tertiary/aromatic N) is 2. The van der Waals surface area contributed by atoms with Gasteiger partial charge in [0, 0.05) is 42.5 Å². The minimum absolute atomic E-state index is 0.0874. The van der Waals surface area contributed by atoms with Crippen molar-refractivity contribution in [2.75, 3.05) is 13.1 Å². The van der Waals surface area contributed by atoms with Crippen molar-refractivity contribution in [3.63, 3.8) is 0 Å². The highest BCUT2D eigenvalue weighted by molar-refractivity contribution is 5.94. The average molecular weight is 377 g/mol. The first-order chi connectivity index (χ1) is 13.6. The van der Waals surface area contributed by atoms with E-state index in [0.717, 1.165) is 29.8 Å². The number of likely N-dealkylation sites (tertiary alicyclic amines) is 1. The number of hydrogen-bond acceptors (Lipinski definition) is 3. The first kappa shape index (κ1) is 18.1. The van der Waals surface area contributed by atoms with Gasteiger partial charge in [0.2, 0.25) is 5.56 Å². The lowest BCUT2D eigenvalue weighted by molar-refractivity contribution is 0.0705. The fraction of sp³-hybridized carbons (Fsp3) is 0.227. The quantitative estimate of drug-likeness (QED) is 0.758. The highest BCUT2D eigenvalue weighted by Gasteiger charge is 2.26. The summed E-state index contributed by atoms with van der Waals surface area (Å²) < 4.78 is 13.2. The zero-order chi connectivity index (χ0) is 19.5. The van der Waals surface area contributed by atoms with Crippen LogP contribution in [0, 0.1) is 5.82 Å². The van der Waals surface area contributed by atoms with Gasteiger partial charge in [-0.25, -0.2) is 4.39 Å². The van der Waals surface area contributed by atoms with Crippen LogP contribution >= 0.6 is 0 Å². The molecule has 2 aromatic heterocycles. The van der Waals surface area contributed by atoms with Gasteiger partial charge in [-0.3, -0.25) is 14.6 Å². The number of aromatic nitrogens is 2. The van der Waals surface area contributed by atoms with Crippen LogP contribution in [0.1, 0.15) is 34.8 Å². The molecule has 1 atom stereocenters. The molecular formula is C22H20FN3O2. The van der Waals surface area contributed by atoms with Crippen molar-refractivity contribution in [3.05, 3.63) is 88.2 Å². The third-order valence-electron chi connectivity index (χ3n) is 5.07. The summed E-state index contributed by atoms with van der Waals surface area (Å²) in [5, 5.41) is 0. The van der Waals surface area contributed by atoms with Crippen molar-refractivity contribution >= 4 is 5.91 Å². The Kier molecular flexibility index (Phi) is 5.02. The molecule has 0 spiro atoms. The number of halogens is 1. The van der Waals surface area contributed by atoms with Crippen molar-refractivity contribution < 1.29 is 9.18 Å². The lowest BCUT2D eigenvalue weighted by Gasteiger charge is -2.32. The van der Waals surface area contributed by atoms with Crippen LogP contribution in [-0.2, 0) is 0 Å². The molecule has 4 rings (SSSR count). The minimum Gasteiger partial charge on any atom is -0.338 e. The number of piperidine rings is 1. The molecule has 1 fully saturated rings. The van der Waals surface area contributed by atoms with Gasteiger partial charge in [-0.05, 0) is 55.3 Å². The van der Waals surface area contributed by atoms with Gasteiger partial charge in [-0.15, -0.1) is 0 Å². The smallest absolute Gasteiger partial charge is 0.255 e. The second-order valence-electron chi connectivity index (χ2n) is 6.99. The van der Waals surface area contributed by atoms with Crippen LogP contribution in [0.5, 0.6) is 0 Å². The largest absolute Gasteiger partial charge is 0.338 e. The highest BCUT2D eigenvalue weighted by atomic mass is 19.1. The Labute approximate surface area is 161 Å². The van der Waals surface area contributed by atoms with Gasteiger partial charge in [0.15, 0.2) is 0 Å². The zero-order valence-corrected chi connectivity index (χ0v) is 15.3. The maximum atomic E-state index is 13.2. The van der Waals surface area contributed by atoms with E-state index >= 15 is 0 Å². The van der Waals surface area contributed by atoms with Crippen LogP contribution in [0.2, 0.25) is 0 Å². The van der Waals surface area contributed by atoms with E-state index in [0.29, 0.717) is 18.7 Å². The summed E-state index contributed by atoms with van der Waals surface area (Å²) in [5.74, 6) is -0.222. The summed E-state index contributed by atoms with van der Waals surface area (Å²) in [5.41, 5.74) is 2.84. The molecule has 0 bridgehead atoms. The molecule has 0 aliphatic carbocycles. The molecule has 1 saturated heterocycles. The van der Waals surface area contributed by atoms with Gasteiger partial charge in [0.05, 0.1) is 11.3 Å². The third kappa shape index (κ3) is 3.86. The first-order valence-corrected chi connectivity index (χ1v) is 9.31. The summed E-state index contributed by atoms with van der Waals surface area (Å²) in [6.07, 6.45) is 3.30. The standard InChI is InChI=1S/C22H20FN3O2/c23-18-9-6-15(7-10-18)19-4-1-5-20(25-19)17-3-2-12-26(14-17)22(28)16-8-11-21(27)24-13-16/h1,4-11,13,17H,2-3,12,14H2,(H,24,27)/t17-/m0/s1. The lowest BCUT2D eigenvalue weighted by Crippen LogP contribution is -2.39. The van der Waals surface area contributed by atoms with Crippen LogP contribution in [0.4, 0.5) is 4.39 Å². The van der Waals surface area contributed by atoms with E-state index in [2.05, 4.69) is 4.98 Å². The van der Waals surface area contributed by atoms with Gasteiger partial charge >= 0.3 is 0 Å². The molecule has 1 aromatic carbocycles. The number of benzene rings is 1. The van der Waals surface area contributed by atoms with Crippen LogP contribution in [0.3, 0.4) is 0 Å². The molecule has 1 aliphatic heterocycles. The van der Waals surface area contributed by atoms with E-state index in [1.54, 1.807) is 18.2 Å². The molecular weight excluding hydrogens is 357 g/mol. The molecule has 6 heteroatoms. The molecule has 142 valence electrons. The summed E-state index contributed by atoms with van der Waals surface area (Å²) in [6, 6.07) is 15.0. The first-order valence-electron chi connectivity index (χ1n) is 9.31. The average Bonchev–Trinajstić information content (AvgIpc) is 2.74. The number of H-pyrrole nitrogens is 1. The van der Waals surface area contributed by atoms with Gasteiger partial charge < -0.3 is 9.88 Å². The number of aromatic amines is 1. The Hall–Kier alpha value is -3.28. The molecule has 1 aliphatic rings. The van der Waals surface area contributed by atoms with Gasteiger partial charge in [0.25, 0.3) is 5.91 Å². The van der Waals surface area contributed by atoms with Gasteiger partial charge in [-0.2, -0.15) is 0 Å². The van der Waals surface area contributed by atoms with E-state index in [1.165, 1.54) is 24.4 Å². The third-order valence-corrected chi connectivity index (χ3v) is 5.07. The van der Waals surface area contributed by atoms with Gasteiger partial charge in [-0.1, -0.05) is 6.07 Å². The minimum atomic E-state index is -0.274. The highest BCUT2D eigenvalue weighted by Crippen LogP contribution is 2.28. The van der Waals surface area contributed by atoms with Crippen molar-refractivity contribution in [1.29, 1.82) is 0 Å². The fourth-order valence-corrected chi connectivity index (χ4v) is 3.59. The number of pyridine rings is 2. The van der Waals surface area contributed by atoms with Crippen LogP contribution in [0.25, 0.3) is 11.3 Å². The Morgan fingerprint density at radius 3 is 2.68 bits per heavy atom. The second kappa shape index (κ2) is 7.76. The van der Waals surface area contributed by atoms with Crippen LogP contribution < -0.4 is 5.56 Å². The molecule has 5 nitrogen and oxygen atoms in total. The van der Waals surface area contributed by atoms with Crippen molar-refractivity contribution in [1.82, 2.24) is 14.9 Å². The molecule has 28 heavy (non-hydrogen) atoms. The maximum Gasteiger partial charge on any atom is 0.255 e. The van der Waals surface area contributed by atoms with E-state index < -0.39 is 0 Å². The molecule has 0 saturated carbocycles. The summed E-state index contributed by atoms with van der Waals surface area (Å²) in [6.45, 7) is 1.27. The number of carbonyl (C=O) groups excluding carboxylic acids is 1. The predicted molar refractivity (Wildman–Crippen MR) is 105 cm³/mol. The monoisotopic (exact) mass is 377 g/mol. The summed E-state index contributed by atoms with van der Waals surface area (Å²) in [7, 11) is 0. The topological polar surface area (TPSA) is 66.1 Å². The van der Waals surface area contributed by atoms with E-state index in [1.807, 2.05) is 23.1 Å². The molecule has 3 aromatic rings. The Morgan fingerprint density at radius 2 is 1.93 bits per heavy atom. The SMILES string of the molecule is O=C(c1ccc(=O)[nH]c1)N1CCC[C@H](c2cccc(-c3ccc(F)cc3)n2)C1. The maximum absolute atomic E-state index is 13.2. The molecule has 0 unspecified atom stereocenters. The van der Waals surface area contributed by atoms with E-state index in [-0.39, 0.29) is 23.2 Å². The number of amides is 1. The normalized spacial score (nSPS) is 16.8. The summed E-state index contributed by atoms with van der Waals surface area (Å²) >= 11 is 0. The molecule has 1 N–H and O–H groups in total. The second-order valence-corrected chi connectivity index (χ2v) is 6.99. The van der Waals surface area contributed by atoms with Crippen molar-refractivity contribution in [2.24, 2.45) is 0 Å². The number of rotatable bonds is 3. The van der Waals surface area contributed by atoms with E-state index in [4.69, 9.17) is 4.98 Å². The summed E-state index contributed by atoms with van der Waals surface area (Å²) in [4.78, 5) is 33.1. The Bertz CT molecular complexity index is 1030. The predicted octanol–water partition coefficient (Wildman–Crippen LogP) is 3.60. The van der Waals surface area contributed by atoms with Gasteiger partial charge in [0.1, 0.15) is 5.82 Å².